The molecule has 1 fully saturated rings. The number of aromatic amines is 1. The zero-order valence-corrected chi connectivity index (χ0v) is 14.4. The van der Waals surface area contributed by atoms with Gasteiger partial charge in [0.2, 0.25) is 11.9 Å². The predicted molar refractivity (Wildman–Crippen MR) is 92.4 cm³/mol. The van der Waals surface area contributed by atoms with Crippen molar-refractivity contribution in [1.82, 2.24) is 19.9 Å². The number of alkyl halides is 2. The molecule has 0 radical (unpaired) electrons. The van der Waals surface area contributed by atoms with Gasteiger partial charge in [-0.3, -0.25) is 4.79 Å². The van der Waals surface area contributed by atoms with Gasteiger partial charge in [-0.05, 0) is 24.5 Å². The van der Waals surface area contributed by atoms with Crippen molar-refractivity contribution in [1.29, 1.82) is 0 Å². The highest BCUT2D eigenvalue weighted by Gasteiger charge is 2.45. The SMILES string of the molecule is CNc1ncnc2[nH]cc(C(=O)c3ccc(CC4CC(F)(F)C4)nc3F)c12. The van der Waals surface area contributed by atoms with Crippen LogP contribution in [0.5, 0.6) is 0 Å². The molecule has 6 nitrogen and oxygen atoms in total. The van der Waals surface area contributed by atoms with Crippen molar-refractivity contribution >= 4 is 22.6 Å². The molecule has 0 aliphatic heterocycles. The molecule has 0 amide bonds. The molecule has 0 bridgehead atoms. The Morgan fingerprint density at radius 3 is 2.74 bits per heavy atom. The van der Waals surface area contributed by atoms with E-state index in [-0.39, 0.29) is 36.3 Å². The molecule has 0 spiro atoms. The largest absolute Gasteiger partial charge is 0.372 e. The van der Waals surface area contributed by atoms with E-state index in [1.54, 1.807) is 7.05 Å². The van der Waals surface area contributed by atoms with Crippen LogP contribution >= 0.6 is 0 Å². The Morgan fingerprint density at radius 1 is 1.30 bits per heavy atom. The van der Waals surface area contributed by atoms with Crippen molar-refractivity contribution in [2.45, 2.75) is 25.2 Å². The fourth-order valence-electron chi connectivity index (χ4n) is 3.46. The van der Waals surface area contributed by atoms with Crippen LogP contribution in [0.3, 0.4) is 0 Å². The van der Waals surface area contributed by atoms with Gasteiger partial charge in [-0.1, -0.05) is 0 Å². The number of fused-ring (bicyclic) bond motifs is 1. The van der Waals surface area contributed by atoms with Crippen LogP contribution in [0.2, 0.25) is 0 Å². The summed E-state index contributed by atoms with van der Waals surface area (Å²) in [5.74, 6) is -3.86. The number of hydrogen-bond donors (Lipinski definition) is 2. The Bertz CT molecular complexity index is 1030. The van der Waals surface area contributed by atoms with Crippen LogP contribution in [-0.2, 0) is 6.42 Å². The van der Waals surface area contributed by atoms with E-state index in [1.165, 1.54) is 24.7 Å². The average Bonchev–Trinajstić information content (AvgIpc) is 3.04. The number of halogens is 3. The van der Waals surface area contributed by atoms with Gasteiger partial charge < -0.3 is 10.3 Å². The van der Waals surface area contributed by atoms with Gasteiger partial charge in [0.25, 0.3) is 0 Å². The number of carbonyl (C=O) groups excluding carboxylic acids is 1. The molecule has 3 heterocycles. The minimum absolute atomic E-state index is 0.190. The molecule has 3 aromatic rings. The van der Waals surface area contributed by atoms with Gasteiger partial charge in [-0.15, -0.1) is 0 Å². The number of carbonyl (C=O) groups is 1. The Balaban J connectivity index is 1.61. The third-order valence-corrected chi connectivity index (χ3v) is 4.77. The highest BCUT2D eigenvalue weighted by molar-refractivity contribution is 6.17. The van der Waals surface area contributed by atoms with Crippen molar-refractivity contribution in [3.05, 3.63) is 47.4 Å². The predicted octanol–water partition coefficient (Wildman–Crippen LogP) is 3.35. The molecule has 9 heteroatoms. The molecule has 2 N–H and O–H groups in total. The lowest BCUT2D eigenvalue weighted by atomic mass is 9.78. The van der Waals surface area contributed by atoms with Crippen LogP contribution in [0, 0.1) is 11.9 Å². The molecule has 140 valence electrons. The third kappa shape index (κ3) is 3.13. The highest BCUT2D eigenvalue weighted by atomic mass is 19.3. The number of nitrogens with one attached hydrogen (secondary N) is 2. The lowest BCUT2D eigenvalue weighted by molar-refractivity contribution is -0.109. The number of aromatic nitrogens is 4. The van der Waals surface area contributed by atoms with Gasteiger partial charge in [-0.2, -0.15) is 4.39 Å². The summed E-state index contributed by atoms with van der Waals surface area (Å²) in [5, 5.41) is 3.34. The molecule has 3 aromatic heterocycles. The minimum atomic E-state index is -2.62. The molecular formula is C18H16F3N5O. The normalized spacial score (nSPS) is 16.3. The van der Waals surface area contributed by atoms with E-state index in [2.05, 4.69) is 25.3 Å². The van der Waals surface area contributed by atoms with Crippen LogP contribution in [-0.4, -0.2) is 38.7 Å². The van der Waals surface area contributed by atoms with Gasteiger partial charge >= 0.3 is 0 Å². The smallest absolute Gasteiger partial charge is 0.248 e. The number of hydrogen-bond acceptors (Lipinski definition) is 5. The summed E-state index contributed by atoms with van der Waals surface area (Å²) in [5.41, 5.74) is 0.850. The minimum Gasteiger partial charge on any atom is -0.372 e. The van der Waals surface area contributed by atoms with Crippen molar-refractivity contribution in [2.75, 3.05) is 12.4 Å². The molecule has 1 aliphatic rings. The molecule has 0 atom stereocenters. The molecular weight excluding hydrogens is 359 g/mol. The Hall–Kier alpha value is -2.97. The fourth-order valence-corrected chi connectivity index (χ4v) is 3.46. The van der Waals surface area contributed by atoms with Gasteiger partial charge in [0.15, 0.2) is 5.78 Å². The Kier molecular flexibility index (Phi) is 4.09. The van der Waals surface area contributed by atoms with Crippen molar-refractivity contribution in [3.8, 4) is 0 Å². The number of H-pyrrole nitrogens is 1. The monoisotopic (exact) mass is 375 g/mol. The summed E-state index contributed by atoms with van der Waals surface area (Å²) in [4.78, 5) is 27.6. The van der Waals surface area contributed by atoms with Crippen molar-refractivity contribution in [3.63, 3.8) is 0 Å². The molecule has 0 aromatic carbocycles. The van der Waals surface area contributed by atoms with E-state index in [1.807, 2.05) is 0 Å². The summed E-state index contributed by atoms with van der Waals surface area (Å²) in [6.45, 7) is 0. The summed E-state index contributed by atoms with van der Waals surface area (Å²) in [6, 6.07) is 2.86. The molecule has 1 aliphatic carbocycles. The summed E-state index contributed by atoms with van der Waals surface area (Å²) in [6.07, 6.45) is 2.65. The number of ketones is 1. The zero-order valence-electron chi connectivity index (χ0n) is 14.4. The zero-order chi connectivity index (χ0) is 19.2. The van der Waals surface area contributed by atoms with Crippen LogP contribution < -0.4 is 5.32 Å². The maximum Gasteiger partial charge on any atom is 0.248 e. The highest BCUT2D eigenvalue weighted by Crippen LogP contribution is 2.43. The number of nitrogens with zero attached hydrogens (tertiary/aromatic N) is 3. The first kappa shape index (κ1) is 17.4. The van der Waals surface area contributed by atoms with Gasteiger partial charge in [0.1, 0.15) is 17.8 Å². The first-order valence-electron chi connectivity index (χ1n) is 8.46. The quantitative estimate of drug-likeness (QED) is 0.528. The third-order valence-electron chi connectivity index (χ3n) is 4.77. The van der Waals surface area contributed by atoms with Crippen LogP contribution in [0.4, 0.5) is 19.0 Å². The van der Waals surface area contributed by atoms with Crippen molar-refractivity contribution in [2.24, 2.45) is 5.92 Å². The first-order valence-corrected chi connectivity index (χ1v) is 8.46. The maximum absolute atomic E-state index is 14.5. The van der Waals surface area contributed by atoms with Crippen LogP contribution in [0.15, 0.2) is 24.7 Å². The van der Waals surface area contributed by atoms with Crippen LogP contribution in [0.25, 0.3) is 11.0 Å². The number of pyridine rings is 1. The van der Waals surface area contributed by atoms with E-state index in [0.717, 1.165) is 0 Å². The summed E-state index contributed by atoms with van der Waals surface area (Å²) < 4.78 is 40.3. The summed E-state index contributed by atoms with van der Waals surface area (Å²) >= 11 is 0. The number of anilines is 1. The summed E-state index contributed by atoms with van der Waals surface area (Å²) in [7, 11) is 1.66. The van der Waals surface area contributed by atoms with Crippen LogP contribution in [0.1, 0.15) is 34.5 Å². The second-order valence-corrected chi connectivity index (χ2v) is 6.70. The van der Waals surface area contributed by atoms with Gasteiger partial charge in [0.05, 0.1) is 16.5 Å². The van der Waals surface area contributed by atoms with E-state index in [4.69, 9.17) is 0 Å². The molecule has 1 saturated carbocycles. The lowest BCUT2D eigenvalue weighted by Crippen LogP contribution is -2.36. The van der Waals surface area contributed by atoms with E-state index in [9.17, 15) is 18.0 Å². The number of rotatable bonds is 5. The van der Waals surface area contributed by atoms with Gasteiger partial charge in [-0.25, -0.2) is 23.7 Å². The van der Waals surface area contributed by atoms with Gasteiger partial charge in [0, 0.05) is 31.8 Å². The topological polar surface area (TPSA) is 83.6 Å². The molecule has 0 unspecified atom stereocenters. The first-order chi connectivity index (χ1) is 12.9. The maximum atomic E-state index is 14.5. The average molecular weight is 375 g/mol. The second kappa shape index (κ2) is 6.33. The van der Waals surface area contributed by atoms with Crippen molar-refractivity contribution < 1.29 is 18.0 Å². The molecule has 0 saturated heterocycles. The Labute approximate surface area is 152 Å². The fraction of sp³-hybridized carbons (Fsp3) is 0.333. The standard InChI is InChI=1S/C18H16F3N5O/c1-22-16-13-12(7-23-17(13)25-8-24-16)14(27)11-3-2-10(26-15(11)19)4-9-5-18(20,21)6-9/h2-3,7-9H,4-6H2,1H3,(H2,22,23,24,25). The van der Waals surface area contributed by atoms with E-state index in [0.29, 0.717) is 22.5 Å². The molecule has 4 rings (SSSR count). The van der Waals surface area contributed by atoms with E-state index >= 15 is 0 Å². The van der Waals surface area contributed by atoms with E-state index < -0.39 is 17.7 Å². The lowest BCUT2D eigenvalue weighted by Gasteiger charge is -2.34. The Morgan fingerprint density at radius 2 is 2.07 bits per heavy atom. The molecule has 27 heavy (non-hydrogen) atoms. The second-order valence-electron chi connectivity index (χ2n) is 6.70.